The number of hydrogen-bond donors (Lipinski definition) is 0. The van der Waals surface area contributed by atoms with E-state index in [1.807, 2.05) is 35.0 Å². The fourth-order valence-corrected chi connectivity index (χ4v) is 1.61. The second-order valence-corrected chi connectivity index (χ2v) is 3.18. The Morgan fingerprint density at radius 1 is 0.933 bits per heavy atom. The molecule has 0 unspecified atom stereocenters. The Balaban J connectivity index is 2.28. The van der Waals surface area contributed by atoms with E-state index in [1.165, 1.54) is 18.0 Å². The molecule has 4 heteroatoms. The van der Waals surface area contributed by atoms with Gasteiger partial charge in [-0.1, -0.05) is 18.2 Å². The lowest BCUT2D eigenvalue weighted by Crippen LogP contribution is -1.98. The largest absolute Gasteiger partial charge is 0.285 e. The highest BCUT2D eigenvalue weighted by Gasteiger charge is 2.03. The molecule has 2 aromatic heterocycles. The summed E-state index contributed by atoms with van der Waals surface area (Å²) < 4.78 is 1.94. The summed E-state index contributed by atoms with van der Waals surface area (Å²) in [6.07, 6.45) is 4.95. The average Bonchev–Trinajstić information content (AvgIpc) is 2.74. The highest BCUT2D eigenvalue weighted by molar-refractivity contribution is 5.81. The summed E-state index contributed by atoms with van der Waals surface area (Å²) >= 11 is 0. The number of hydrogen-bond acceptors (Lipinski definition) is 3. The minimum atomic E-state index is 0.645. The van der Waals surface area contributed by atoms with Crippen LogP contribution in [-0.4, -0.2) is 19.5 Å². The zero-order valence-electron chi connectivity index (χ0n) is 7.91. The van der Waals surface area contributed by atoms with Crippen LogP contribution < -0.4 is 0 Å². The molecule has 0 spiro atoms. The summed E-state index contributed by atoms with van der Waals surface area (Å²) in [5.41, 5.74) is 1.10. The molecule has 3 aromatic rings. The smallest absolute Gasteiger partial charge is 0.237 e. The van der Waals surface area contributed by atoms with Gasteiger partial charge in [-0.15, -0.1) is 0 Å². The predicted octanol–water partition coefficient (Wildman–Crippen LogP) is 1.82. The first-order valence-electron chi connectivity index (χ1n) is 4.63. The average molecular weight is 196 g/mol. The van der Waals surface area contributed by atoms with Crippen LogP contribution in [0.5, 0.6) is 0 Å². The van der Waals surface area contributed by atoms with Gasteiger partial charge in [-0.25, -0.2) is 15.0 Å². The predicted molar refractivity (Wildman–Crippen MR) is 56.7 cm³/mol. The van der Waals surface area contributed by atoms with Gasteiger partial charge < -0.3 is 0 Å². The first-order chi connectivity index (χ1) is 7.45. The lowest BCUT2D eigenvalue weighted by molar-refractivity contribution is 0.921. The van der Waals surface area contributed by atoms with Crippen molar-refractivity contribution in [3.05, 3.63) is 49.2 Å². The van der Waals surface area contributed by atoms with Gasteiger partial charge in [-0.2, -0.15) is 0 Å². The Labute approximate surface area is 86.2 Å². The Kier molecular flexibility index (Phi) is 1.71. The van der Waals surface area contributed by atoms with Crippen LogP contribution in [0.3, 0.4) is 0 Å². The third-order valence-corrected chi connectivity index (χ3v) is 2.29. The first-order valence-corrected chi connectivity index (χ1v) is 4.63. The molecule has 15 heavy (non-hydrogen) atoms. The molecule has 0 fully saturated rings. The standard InChI is InChI=1S/C11H8N4/c1-2-4-10-9(3-1)5-6-15(10)11-13-7-12-8-14-11/h1-8H. The Morgan fingerprint density at radius 2 is 1.73 bits per heavy atom. The van der Waals surface area contributed by atoms with E-state index in [0.29, 0.717) is 5.95 Å². The zero-order valence-corrected chi connectivity index (χ0v) is 7.91. The van der Waals surface area contributed by atoms with Crippen LogP contribution >= 0.6 is 0 Å². The van der Waals surface area contributed by atoms with E-state index < -0.39 is 0 Å². The van der Waals surface area contributed by atoms with Crippen molar-refractivity contribution < 1.29 is 0 Å². The molecule has 2 heterocycles. The van der Waals surface area contributed by atoms with Crippen molar-refractivity contribution in [3.8, 4) is 5.95 Å². The van der Waals surface area contributed by atoms with Crippen LogP contribution in [0, 0.1) is 0 Å². The van der Waals surface area contributed by atoms with Crippen LogP contribution in [0.2, 0.25) is 0 Å². The van der Waals surface area contributed by atoms with E-state index in [-0.39, 0.29) is 0 Å². The molecule has 0 aliphatic heterocycles. The molecule has 0 saturated carbocycles. The van der Waals surface area contributed by atoms with Gasteiger partial charge in [0.15, 0.2) is 0 Å². The molecule has 4 nitrogen and oxygen atoms in total. The Hall–Kier alpha value is -2.23. The number of fused-ring (bicyclic) bond motifs is 1. The Bertz CT molecular complexity index is 586. The van der Waals surface area contributed by atoms with Gasteiger partial charge in [0.25, 0.3) is 0 Å². The van der Waals surface area contributed by atoms with Crippen molar-refractivity contribution in [1.29, 1.82) is 0 Å². The van der Waals surface area contributed by atoms with Crippen LogP contribution in [0.25, 0.3) is 16.9 Å². The van der Waals surface area contributed by atoms with Crippen molar-refractivity contribution in [2.45, 2.75) is 0 Å². The molecule has 0 aliphatic rings. The van der Waals surface area contributed by atoms with Gasteiger partial charge in [0, 0.05) is 11.6 Å². The van der Waals surface area contributed by atoms with Gasteiger partial charge >= 0.3 is 0 Å². The molecule has 0 radical (unpaired) electrons. The Morgan fingerprint density at radius 3 is 2.60 bits per heavy atom. The SMILES string of the molecule is c1ccc2c(c1)ccn2-c1ncncn1. The van der Waals surface area contributed by atoms with E-state index in [0.717, 1.165) is 5.52 Å². The van der Waals surface area contributed by atoms with Crippen LogP contribution in [0.15, 0.2) is 49.2 Å². The molecular formula is C11H8N4. The molecular weight excluding hydrogens is 188 g/mol. The van der Waals surface area contributed by atoms with E-state index in [2.05, 4.69) is 21.0 Å². The lowest BCUT2D eigenvalue weighted by Gasteiger charge is -2.00. The van der Waals surface area contributed by atoms with Gasteiger partial charge in [0.05, 0.1) is 5.52 Å². The number of nitrogens with zero attached hydrogens (tertiary/aromatic N) is 4. The maximum Gasteiger partial charge on any atom is 0.237 e. The van der Waals surface area contributed by atoms with Crippen molar-refractivity contribution in [2.75, 3.05) is 0 Å². The highest BCUT2D eigenvalue weighted by Crippen LogP contribution is 2.17. The van der Waals surface area contributed by atoms with Crippen molar-refractivity contribution in [2.24, 2.45) is 0 Å². The second kappa shape index (κ2) is 3.16. The van der Waals surface area contributed by atoms with Gasteiger partial charge in [-0.05, 0) is 12.1 Å². The molecule has 0 N–H and O–H groups in total. The van der Waals surface area contributed by atoms with Gasteiger partial charge in [-0.3, -0.25) is 4.57 Å². The van der Waals surface area contributed by atoms with E-state index >= 15 is 0 Å². The highest BCUT2D eigenvalue weighted by atomic mass is 15.2. The van der Waals surface area contributed by atoms with Crippen LogP contribution in [0.1, 0.15) is 0 Å². The van der Waals surface area contributed by atoms with Crippen LogP contribution in [-0.2, 0) is 0 Å². The molecule has 0 bridgehead atoms. The van der Waals surface area contributed by atoms with E-state index in [9.17, 15) is 0 Å². The molecule has 0 atom stereocenters. The molecule has 0 aliphatic carbocycles. The molecule has 1 aromatic carbocycles. The fourth-order valence-electron chi connectivity index (χ4n) is 1.61. The quantitative estimate of drug-likeness (QED) is 0.596. The molecule has 72 valence electrons. The summed E-state index contributed by atoms with van der Waals surface area (Å²) in [6.45, 7) is 0. The number of rotatable bonds is 1. The molecule has 3 rings (SSSR count). The second-order valence-electron chi connectivity index (χ2n) is 3.18. The fraction of sp³-hybridized carbons (Fsp3) is 0. The van der Waals surface area contributed by atoms with Crippen molar-refractivity contribution in [3.63, 3.8) is 0 Å². The number of aromatic nitrogens is 4. The topological polar surface area (TPSA) is 43.6 Å². The maximum atomic E-state index is 4.11. The summed E-state index contributed by atoms with van der Waals surface area (Å²) in [5.74, 6) is 0.645. The summed E-state index contributed by atoms with van der Waals surface area (Å²) in [7, 11) is 0. The number of benzene rings is 1. The summed E-state index contributed by atoms with van der Waals surface area (Å²) in [5, 5.41) is 1.18. The summed E-state index contributed by atoms with van der Waals surface area (Å²) in [6, 6.07) is 10.2. The third-order valence-electron chi connectivity index (χ3n) is 2.29. The number of para-hydroxylation sites is 1. The van der Waals surface area contributed by atoms with Gasteiger partial charge in [0.2, 0.25) is 5.95 Å². The third kappa shape index (κ3) is 1.27. The van der Waals surface area contributed by atoms with Crippen molar-refractivity contribution in [1.82, 2.24) is 19.5 Å². The van der Waals surface area contributed by atoms with Crippen molar-refractivity contribution >= 4 is 10.9 Å². The minimum Gasteiger partial charge on any atom is -0.285 e. The van der Waals surface area contributed by atoms with E-state index in [4.69, 9.17) is 0 Å². The lowest BCUT2D eigenvalue weighted by atomic mass is 10.2. The first kappa shape index (κ1) is 8.11. The molecule has 0 amide bonds. The monoisotopic (exact) mass is 196 g/mol. The van der Waals surface area contributed by atoms with E-state index in [1.54, 1.807) is 0 Å². The summed E-state index contributed by atoms with van der Waals surface area (Å²) in [4.78, 5) is 12.0. The molecule has 0 saturated heterocycles. The normalized spacial score (nSPS) is 10.7. The van der Waals surface area contributed by atoms with Gasteiger partial charge in [0.1, 0.15) is 12.7 Å². The van der Waals surface area contributed by atoms with Crippen LogP contribution in [0.4, 0.5) is 0 Å². The minimum absolute atomic E-state index is 0.645. The maximum absolute atomic E-state index is 4.11. The zero-order chi connectivity index (χ0) is 10.1.